The monoisotopic (exact) mass is 449 g/mol. The number of carbonyl (C=O) groups excluding carboxylic acids is 1. The van der Waals surface area contributed by atoms with Gasteiger partial charge in [-0.15, -0.1) is 0 Å². The summed E-state index contributed by atoms with van der Waals surface area (Å²) in [6.45, 7) is 9.51. The van der Waals surface area contributed by atoms with E-state index < -0.39 is 0 Å². The molecule has 1 fully saturated rings. The Hall–Kier alpha value is -2.86. The molecule has 6 heteroatoms. The van der Waals surface area contributed by atoms with Crippen LogP contribution in [0.3, 0.4) is 0 Å². The minimum atomic E-state index is 0.0121. The Morgan fingerprint density at radius 3 is 1.88 bits per heavy atom. The number of carbonyl (C=O) groups is 1. The maximum Gasteiger partial charge on any atom is 0.253 e. The molecule has 0 spiro atoms. The van der Waals surface area contributed by atoms with Crippen LogP contribution in [0, 0.1) is 11.8 Å². The normalized spacial score (nSPS) is 19.2. The number of piperidine rings is 1. The Morgan fingerprint density at radius 1 is 0.909 bits per heavy atom. The zero-order valence-corrected chi connectivity index (χ0v) is 20.8. The molecule has 1 heterocycles. The first-order valence-electron chi connectivity index (χ1n) is 11.9. The molecule has 6 nitrogen and oxygen atoms in total. The van der Waals surface area contributed by atoms with Gasteiger partial charge in [-0.2, -0.15) is 0 Å². The van der Waals surface area contributed by atoms with E-state index in [9.17, 15) is 4.79 Å². The summed E-state index contributed by atoms with van der Waals surface area (Å²) in [6, 6.07) is 16.6. The maximum absolute atomic E-state index is 12.0. The number of amides is 1. The molecule has 1 amide bonds. The van der Waals surface area contributed by atoms with E-state index in [4.69, 9.17) is 0 Å². The molecule has 3 rings (SSSR count). The Kier molecular flexibility index (Phi) is 8.89. The summed E-state index contributed by atoms with van der Waals surface area (Å²) in [5.74, 6) is 2.34. The molecular weight excluding hydrogens is 410 g/mol. The molecular formula is C27H39N5O. The fraction of sp³-hybridized carbons (Fsp3) is 0.481. The van der Waals surface area contributed by atoms with Gasteiger partial charge in [0, 0.05) is 59.4 Å². The van der Waals surface area contributed by atoms with Crippen molar-refractivity contribution in [1.29, 1.82) is 0 Å². The number of nitrogens with zero attached hydrogens (tertiary/aromatic N) is 3. The number of hydrogen-bond donors (Lipinski definition) is 2. The molecule has 2 unspecified atom stereocenters. The predicted molar refractivity (Wildman–Crippen MR) is 136 cm³/mol. The second-order valence-electron chi connectivity index (χ2n) is 9.63. The third kappa shape index (κ3) is 7.60. The van der Waals surface area contributed by atoms with Gasteiger partial charge >= 0.3 is 0 Å². The van der Waals surface area contributed by atoms with E-state index >= 15 is 0 Å². The van der Waals surface area contributed by atoms with Crippen molar-refractivity contribution in [2.75, 3.05) is 34.2 Å². The van der Waals surface area contributed by atoms with E-state index in [1.807, 2.05) is 24.3 Å². The second kappa shape index (κ2) is 11.8. The molecule has 1 aliphatic heterocycles. The molecule has 0 saturated carbocycles. The van der Waals surface area contributed by atoms with Gasteiger partial charge < -0.3 is 15.5 Å². The van der Waals surface area contributed by atoms with Crippen LogP contribution in [0.25, 0.3) is 0 Å². The minimum absolute atomic E-state index is 0.0121. The van der Waals surface area contributed by atoms with Crippen molar-refractivity contribution in [1.82, 2.24) is 20.4 Å². The number of rotatable bonds is 7. The molecule has 2 aromatic carbocycles. The summed E-state index contributed by atoms with van der Waals surface area (Å²) >= 11 is 0. The summed E-state index contributed by atoms with van der Waals surface area (Å²) in [5.41, 5.74) is 4.39. The topological polar surface area (TPSA) is 60.0 Å². The highest BCUT2D eigenvalue weighted by Gasteiger charge is 2.21. The quantitative estimate of drug-likeness (QED) is 0.500. The van der Waals surface area contributed by atoms with Crippen LogP contribution < -0.4 is 10.6 Å². The Balaban J connectivity index is 1.45. The third-order valence-corrected chi connectivity index (χ3v) is 6.12. The second-order valence-corrected chi connectivity index (χ2v) is 9.63. The summed E-state index contributed by atoms with van der Waals surface area (Å²) < 4.78 is 0. The van der Waals surface area contributed by atoms with E-state index in [-0.39, 0.29) is 5.91 Å². The van der Waals surface area contributed by atoms with Gasteiger partial charge in [-0.25, -0.2) is 0 Å². The first-order valence-corrected chi connectivity index (χ1v) is 11.9. The van der Waals surface area contributed by atoms with Gasteiger partial charge in [0.15, 0.2) is 5.96 Å². The highest BCUT2D eigenvalue weighted by atomic mass is 16.2. The highest BCUT2D eigenvalue weighted by Crippen LogP contribution is 2.22. The molecule has 0 aliphatic carbocycles. The summed E-state index contributed by atoms with van der Waals surface area (Å²) in [7, 11) is 5.30. The van der Waals surface area contributed by atoms with E-state index in [2.05, 4.69) is 58.6 Å². The summed E-state index contributed by atoms with van der Waals surface area (Å²) in [4.78, 5) is 20.5. The van der Waals surface area contributed by atoms with E-state index in [1.54, 1.807) is 26.0 Å². The lowest BCUT2D eigenvalue weighted by Gasteiger charge is -2.35. The Labute approximate surface area is 199 Å². The number of guanidine groups is 1. The molecule has 0 radical (unpaired) electrons. The average molecular weight is 450 g/mol. The van der Waals surface area contributed by atoms with Crippen molar-refractivity contribution in [2.24, 2.45) is 16.8 Å². The van der Waals surface area contributed by atoms with Crippen LogP contribution in [0.5, 0.6) is 0 Å². The third-order valence-electron chi connectivity index (χ3n) is 6.12. The van der Waals surface area contributed by atoms with Gasteiger partial charge in [0.2, 0.25) is 0 Å². The van der Waals surface area contributed by atoms with Crippen LogP contribution >= 0.6 is 0 Å². The number of nitrogens with one attached hydrogen (secondary N) is 2. The predicted octanol–water partition coefficient (Wildman–Crippen LogP) is 3.73. The minimum Gasteiger partial charge on any atom is -0.352 e. The van der Waals surface area contributed by atoms with Gasteiger partial charge in [-0.05, 0) is 47.1 Å². The molecule has 0 aromatic heterocycles. The first-order chi connectivity index (χ1) is 15.8. The lowest BCUT2D eigenvalue weighted by molar-refractivity contribution is 0.0827. The number of benzene rings is 2. The van der Waals surface area contributed by atoms with Crippen LogP contribution in [0.1, 0.15) is 47.3 Å². The molecule has 2 aromatic rings. The average Bonchev–Trinajstić information content (AvgIpc) is 2.79. The molecule has 2 N–H and O–H groups in total. The fourth-order valence-corrected chi connectivity index (χ4v) is 4.56. The Morgan fingerprint density at radius 2 is 1.39 bits per heavy atom. The van der Waals surface area contributed by atoms with Crippen molar-refractivity contribution in [3.63, 3.8) is 0 Å². The lowest BCUT2D eigenvalue weighted by Crippen LogP contribution is -2.38. The molecule has 1 saturated heterocycles. The summed E-state index contributed by atoms with van der Waals surface area (Å²) in [5, 5.41) is 6.72. The van der Waals surface area contributed by atoms with E-state index in [1.165, 1.54) is 30.6 Å². The van der Waals surface area contributed by atoms with E-state index in [0.717, 1.165) is 29.9 Å². The van der Waals surface area contributed by atoms with Gasteiger partial charge in [-0.3, -0.25) is 14.7 Å². The zero-order chi connectivity index (χ0) is 23.8. The largest absolute Gasteiger partial charge is 0.352 e. The van der Waals surface area contributed by atoms with Crippen LogP contribution in [0.2, 0.25) is 0 Å². The number of hydrogen-bond acceptors (Lipinski definition) is 3. The van der Waals surface area contributed by atoms with Crippen LogP contribution in [0.4, 0.5) is 0 Å². The van der Waals surface area contributed by atoms with Crippen LogP contribution in [0.15, 0.2) is 53.5 Å². The van der Waals surface area contributed by atoms with Crippen LogP contribution in [-0.2, 0) is 19.6 Å². The zero-order valence-electron chi connectivity index (χ0n) is 20.8. The van der Waals surface area contributed by atoms with Crippen molar-refractivity contribution < 1.29 is 4.79 Å². The highest BCUT2D eigenvalue weighted by molar-refractivity contribution is 5.93. The standard InChI is InChI=1S/C27H39N5O/c1-20-14-21(2)18-32(17-20)19-24-8-6-22(7-9-24)15-29-27(28-3)30-16-23-10-12-25(13-11-23)26(33)31(4)5/h6-13,20-21H,14-19H2,1-5H3,(H2,28,29,30). The molecule has 0 bridgehead atoms. The lowest BCUT2D eigenvalue weighted by atomic mass is 9.91. The molecule has 33 heavy (non-hydrogen) atoms. The van der Waals surface area contributed by atoms with Crippen molar-refractivity contribution in [3.8, 4) is 0 Å². The summed E-state index contributed by atoms with van der Waals surface area (Å²) in [6.07, 6.45) is 1.35. The van der Waals surface area contributed by atoms with Gasteiger partial charge in [0.1, 0.15) is 0 Å². The van der Waals surface area contributed by atoms with Gasteiger partial charge in [-0.1, -0.05) is 50.2 Å². The van der Waals surface area contributed by atoms with E-state index in [0.29, 0.717) is 18.7 Å². The Bertz CT molecular complexity index is 911. The van der Waals surface area contributed by atoms with Crippen LogP contribution in [-0.4, -0.2) is 55.9 Å². The number of likely N-dealkylation sites (tertiary alicyclic amines) is 1. The van der Waals surface area contributed by atoms with Gasteiger partial charge in [0.05, 0.1) is 0 Å². The molecule has 1 aliphatic rings. The van der Waals surface area contributed by atoms with Crippen molar-refractivity contribution in [2.45, 2.75) is 39.9 Å². The van der Waals surface area contributed by atoms with Gasteiger partial charge in [0.25, 0.3) is 5.91 Å². The maximum atomic E-state index is 12.0. The first kappa shape index (κ1) is 24.8. The SMILES string of the molecule is CN=C(NCc1ccc(CN2CC(C)CC(C)C2)cc1)NCc1ccc(C(=O)N(C)C)cc1. The van der Waals surface area contributed by atoms with Crippen molar-refractivity contribution >= 4 is 11.9 Å². The molecule has 178 valence electrons. The fourth-order valence-electron chi connectivity index (χ4n) is 4.56. The van der Waals surface area contributed by atoms with Crippen molar-refractivity contribution in [3.05, 3.63) is 70.8 Å². The smallest absolute Gasteiger partial charge is 0.253 e. The number of aliphatic imine (C=N–C) groups is 1. The molecule has 2 atom stereocenters.